The van der Waals surface area contributed by atoms with Crippen molar-refractivity contribution < 1.29 is 4.52 Å². The number of hydrogen-bond acceptors (Lipinski definition) is 4. The van der Waals surface area contributed by atoms with Crippen LogP contribution < -0.4 is 5.43 Å². The van der Waals surface area contributed by atoms with Crippen LogP contribution in [0.25, 0.3) is 0 Å². The standard InChI is InChI=1S/C11H11N3O2/c15-9-3-5-14(6-4-9)7-10-12-11(13-16-10)8-1-2-8/h3-6,8H,1-2,7H2. The molecule has 0 bridgehead atoms. The van der Waals surface area contributed by atoms with Crippen molar-refractivity contribution in [3.8, 4) is 0 Å². The van der Waals surface area contributed by atoms with Crippen LogP contribution in [0.5, 0.6) is 0 Å². The first-order chi connectivity index (χ1) is 7.81. The monoisotopic (exact) mass is 217 g/mol. The van der Waals surface area contributed by atoms with Crippen LogP contribution in [-0.4, -0.2) is 14.7 Å². The van der Waals surface area contributed by atoms with Crippen LogP contribution in [0.3, 0.4) is 0 Å². The van der Waals surface area contributed by atoms with Gasteiger partial charge >= 0.3 is 0 Å². The van der Waals surface area contributed by atoms with E-state index in [4.69, 9.17) is 4.52 Å². The first-order valence-electron chi connectivity index (χ1n) is 5.30. The van der Waals surface area contributed by atoms with Crippen LogP contribution in [0.4, 0.5) is 0 Å². The molecule has 0 aliphatic heterocycles. The third kappa shape index (κ3) is 1.88. The molecule has 5 heteroatoms. The smallest absolute Gasteiger partial charge is 0.246 e. The lowest BCUT2D eigenvalue weighted by molar-refractivity contribution is 0.366. The SMILES string of the molecule is O=c1ccn(Cc2nc(C3CC3)no2)cc1. The minimum atomic E-state index is 0.000415. The average Bonchev–Trinajstić information content (AvgIpc) is 3.04. The van der Waals surface area contributed by atoms with Gasteiger partial charge in [0.25, 0.3) is 0 Å². The highest BCUT2D eigenvalue weighted by molar-refractivity contribution is 5.04. The molecule has 1 fully saturated rings. The number of nitrogens with zero attached hydrogens (tertiary/aromatic N) is 3. The molecule has 0 atom stereocenters. The van der Waals surface area contributed by atoms with Gasteiger partial charge in [-0.25, -0.2) is 0 Å². The molecule has 2 heterocycles. The predicted molar refractivity (Wildman–Crippen MR) is 56.1 cm³/mol. The summed E-state index contributed by atoms with van der Waals surface area (Å²) < 4.78 is 6.98. The maximum Gasteiger partial charge on any atom is 0.246 e. The second-order valence-corrected chi connectivity index (χ2v) is 4.03. The summed E-state index contributed by atoms with van der Waals surface area (Å²) >= 11 is 0. The Morgan fingerprint density at radius 3 is 2.81 bits per heavy atom. The zero-order chi connectivity index (χ0) is 11.0. The van der Waals surface area contributed by atoms with Gasteiger partial charge < -0.3 is 9.09 Å². The fraction of sp³-hybridized carbons (Fsp3) is 0.364. The van der Waals surface area contributed by atoms with E-state index in [1.165, 1.54) is 12.1 Å². The van der Waals surface area contributed by atoms with Crippen molar-refractivity contribution >= 4 is 0 Å². The van der Waals surface area contributed by atoms with Gasteiger partial charge in [0.05, 0.1) is 0 Å². The highest BCUT2D eigenvalue weighted by Crippen LogP contribution is 2.38. The number of aromatic nitrogens is 3. The van der Waals surface area contributed by atoms with Crippen LogP contribution >= 0.6 is 0 Å². The van der Waals surface area contributed by atoms with Crippen LogP contribution in [0, 0.1) is 0 Å². The zero-order valence-corrected chi connectivity index (χ0v) is 8.67. The van der Waals surface area contributed by atoms with Crippen molar-refractivity contribution in [1.82, 2.24) is 14.7 Å². The summed E-state index contributed by atoms with van der Waals surface area (Å²) in [6.45, 7) is 0.514. The molecule has 0 amide bonds. The topological polar surface area (TPSA) is 60.9 Å². The Hall–Kier alpha value is -1.91. The van der Waals surface area contributed by atoms with E-state index in [0.717, 1.165) is 18.7 Å². The molecule has 5 nitrogen and oxygen atoms in total. The Balaban J connectivity index is 1.77. The third-order valence-corrected chi connectivity index (χ3v) is 2.60. The summed E-state index contributed by atoms with van der Waals surface area (Å²) in [5.41, 5.74) is 0.000415. The summed E-state index contributed by atoms with van der Waals surface area (Å²) in [4.78, 5) is 15.2. The molecule has 82 valence electrons. The maximum atomic E-state index is 10.9. The van der Waals surface area contributed by atoms with E-state index < -0.39 is 0 Å². The van der Waals surface area contributed by atoms with Gasteiger partial charge in [0.15, 0.2) is 11.3 Å². The largest absolute Gasteiger partial charge is 0.345 e. The summed E-state index contributed by atoms with van der Waals surface area (Å²) in [6.07, 6.45) is 5.75. The first kappa shape index (κ1) is 9.33. The number of pyridine rings is 1. The van der Waals surface area contributed by atoms with Crippen molar-refractivity contribution in [2.45, 2.75) is 25.3 Å². The fourth-order valence-electron chi connectivity index (χ4n) is 1.54. The lowest BCUT2D eigenvalue weighted by atomic mass is 10.4. The normalized spacial score (nSPS) is 15.2. The second kappa shape index (κ2) is 3.59. The maximum absolute atomic E-state index is 10.9. The van der Waals surface area contributed by atoms with Gasteiger partial charge in [-0.3, -0.25) is 4.79 Å². The van der Waals surface area contributed by atoms with Crippen molar-refractivity contribution in [2.75, 3.05) is 0 Å². The van der Waals surface area contributed by atoms with E-state index in [1.54, 1.807) is 12.4 Å². The summed E-state index contributed by atoms with van der Waals surface area (Å²) in [6, 6.07) is 3.02. The van der Waals surface area contributed by atoms with E-state index in [1.807, 2.05) is 4.57 Å². The van der Waals surface area contributed by atoms with Gasteiger partial charge in [0, 0.05) is 30.4 Å². The van der Waals surface area contributed by atoms with Crippen LogP contribution in [0.1, 0.15) is 30.5 Å². The quantitative estimate of drug-likeness (QED) is 0.773. The Kier molecular flexibility index (Phi) is 2.09. The van der Waals surface area contributed by atoms with Gasteiger partial charge in [-0.2, -0.15) is 4.98 Å². The zero-order valence-electron chi connectivity index (χ0n) is 8.67. The minimum absolute atomic E-state index is 0.000415. The summed E-state index contributed by atoms with van der Waals surface area (Å²) in [5.74, 6) is 1.91. The van der Waals surface area contributed by atoms with E-state index in [-0.39, 0.29) is 5.43 Å². The molecular weight excluding hydrogens is 206 g/mol. The van der Waals surface area contributed by atoms with Gasteiger partial charge in [-0.1, -0.05) is 5.16 Å². The molecule has 2 aromatic heterocycles. The molecule has 0 radical (unpaired) electrons. The van der Waals surface area contributed by atoms with Gasteiger partial charge in [0.2, 0.25) is 5.89 Å². The van der Waals surface area contributed by atoms with Gasteiger partial charge in [0.1, 0.15) is 6.54 Å². The lowest BCUT2D eigenvalue weighted by Gasteiger charge is -1.99. The second-order valence-electron chi connectivity index (χ2n) is 4.03. The molecule has 0 N–H and O–H groups in total. The predicted octanol–water partition coefficient (Wildman–Crippen LogP) is 1.16. The molecule has 1 aliphatic rings. The Morgan fingerprint density at radius 2 is 2.12 bits per heavy atom. The van der Waals surface area contributed by atoms with Crippen LogP contribution in [0.15, 0.2) is 33.8 Å². The molecular formula is C11H11N3O2. The minimum Gasteiger partial charge on any atom is -0.345 e. The van der Waals surface area contributed by atoms with Crippen molar-refractivity contribution in [3.05, 3.63) is 46.5 Å². The molecule has 0 unspecified atom stereocenters. The molecule has 2 aromatic rings. The molecule has 1 aliphatic carbocycles. The Morgan fingerprint density at radius 1 is 1.38 bits per heavy atom. The molecule has 0 saturated heterocycles. The van der Waals surface area contributed by atoms with Crippen LogP contribution in [0.2, 0.25) is 0 Å². The van der Waals surface area contributed by atoms with Gasteiger partial charge in [-0.05, 0) is 12.8 Å². The molecule has 16 heavy (non-hydrogen) atoms. The van der Waals surface area contributed by atoms with Gasteiger partial charge in [-0.15, -0.1) is 0 Å². The van der Waals surface area contributed by atoms with Crippen molar-refractivity contribution in [2.24, 2.45) is 0 Å². The average molecular weight is 217 g/mol. The van der Waals surface area contributed by atoms with E-state index in [2.05, 4.69) is 10.1 Å². The molecule has 3 rings (SSSR count). The summed E-state index contributed by atoms with van der Waals surface area (Å²) in [5, 5.41) is 3.93. The Bertz CT molecular complexity index is 534. The number of hydrogen-bond donors (Lipinski definition) is 0. The van der Waals surface area contributed by atoms with E-state index >= 15 is 0 Å². The molecule has 0 aromatic carbocycles. The van der Waals surface area contributed by atoms with Crippen LogP contribution in [-0.2, 0) is 6.54 Å². The third-order valence-electron chi connectivity index (χ3n) is 2.60. The highest BCUT2D eigenvalue weighted by atomic mass is 16.5. The molecule has 0 spiro atoms. The van der Waals surface area contributed by atoms with E-state index in [9.17, 15) is 4.79 Å². The lowest BCUT2D eigenvalue weighted by Crippen LogP contribution is -2.04. The van der Waals surface area contributed by atoms with Crippen molar-refractivity contribution in [1.29, 1.82) is 0 Å². The summed E-state index contributed by atoms with van der Waals surface area (Å²) in [7, 11) is 0. The highest BCUT2D eigenvalue weighted by Gasteiger charge is 2.28. The first-order valence-corrected chi connectivity index (χ1v) is 5.30. The Labute approximate surface area is 91.7 Å². The molecule has 1 saturated carbocycles. The van der Waals surface area contributed by atoms with Crippen molar-refractivity contribution in [3.63, 3.8) is 0 Å². The van der Waals surface area contributed by atoms with E-state index in [0.29, 0.717) is 18.4 Å². The fourth-order valence-corrected chi connectivity index (χ4v) is 1.54. The number of rotatable bonds is 3.